The Balaban J connectivity index is 1.51. The number of aliphatic hydroxyl groups excluding tert-OH is 4. The summed E-state index contributed by atoms with van der Waals surface area (Å²) in [6.07, 6.45) is 3.34. The number of piperidine rings is 1. The number of ketones is 1. The van der Waals surface area contributed by atoms with E-state index in [0.717, 1.165) is 21.2 Å². The van der Waals surface area contributed by atoms with Crippen LogP contribution in [0.3, 0.4) is 0 Å². The minimum Gasteiger partial charge on any atom is -0.456 e. The number of allylic oxidation sites excluding steroid dienone is 1. The van der Waals surface area contributed by atoms with Crippen LogP contribution in [0.4, 0.5) is 0 Å². The molecule has 13 nitrogen and oxygen atoms in total. The molecule has 0 aliphatic carbocycles. The van der Waals surface area contributed by atoms with E-state index in [-0.39, 0.29) is 62.3 Å². The number of benzene rings is 1. The van der Waals surface area contributed by atoms with Crippen LogP contribution in [0.5, 0.6) is 0 Å². The highest BCUT2D eigenvalue weighted by Gasteiger charge is 2.53. The molecule has 5 rings (SSSR count). The number of ether oxygens (including phenoxy) is 4. The van der Waals surface area contributed by atoms with Crippen LogP contribution in [-0.2, 0) is 33.3 Å². The molecule has 1 aromatic carbocycles. The van der Waals surface area contributed by atoms with Crippen LogP contribution in [0.2, 0.25) is 0 Å². The monoisotopic (exact) mass is 987 g/mol. The highest BCUT2D eigenvalue weighted by molar-refractivity contribution is 9.10. The van der Waals surface area contributed by atoms with Gasteiger partial charge >= 0.3 is 5.97 Å². The average Bonchev–Trinajstić information content (AvgIpc) is 3.27. The normalized spacial score (nSPS) is 39.3. The SMILES string of the molecule is CC/C1=C\CC(/C(C)=C/C(C)C(C)O)OC(=O)C2CCCCN2C(=O)C(=O)C2(O)OC(CCC2C)CC2OC(c3ccc(Br)cc3)OC(CC(O)CC(O)/C(C)=C/C(C)CC(C)C1O)C2C. The zero-order chi connectivity index (χ0) is 48.6. The first-order valence-electron chi connectivity index (χ1n) is 24.4. The number of carbonyl (C=O) groups excluding carboxylic acids is 3. The minimum absolute atomic E-state index is 0.00927. The number of fused-ring (bicyclic) bond motifs is 5. The van der Waals surface area contributed by atoms with Crippen LogP contribution in [-0.4, -0.2) is 115 Å². The lowest BCUT2D eigenvalue weighted by molar-refractivity contribution is -0.296. The first-order chi connectivity index (χ1) is 31.1. The second kappa shape index (κ2) is 24.2. The fourth-order valence-corrected chi connectivity index (χ4v) is 10.3. The van der Waals surface area contributed by atoms with E-state index in [1.54, 1.807) is 13.8 Å². The smallest absolute Gasteiger partial charge is 0.329 e. The van der Waals surface area contributed by atoms with E-state index in [4.69, 9.17) is 18.9 Å². The van der Waals surface area contributed by atoms with Crippen LogP contribution in [0.25, 0.3) is 0 Å². The van der Waals surface area contributed by atoms with Crippen molar-refractivity contribution in [2.75, 3.05) is 6.54 Å². The van der Waals surface area contributed by atoms with E-state index >= 15 is 0 Å². The van der Waals surface area contributed by atoms with Gasteiger partial charge in [0.2, 0.25) is 5.79 Å². The molecule has 0 aromatic heterocycles. The number of aliphatic hydroxyl groups is 5. The molecule has 1 amide bonds. The molecule has 4 heterocycles. The molecular formula is C52H78BrNO12. The highest BCUT2D eigenvalue weighted by atomic mass is 79.9. The van der Waals surface area contributed by atoms with Gasteiger partial charge < -0.3 is 49.4 Å². The Morgan fingerprint density at radius 3 is 2.26 bits per heavy atom. The van der Waals surface area contributed by atoms with Crippen molar-refractivity contribution >= 4 is 33.6 Å². The number of amides is 1. The summed E-state index contributed by atoms with van der Waals surface area (Å²) in [6, 6.07) is 6.46. The molecule has 4 bridgehead atoms. The van der Waals surface area contributed by atoms with Crippen molar-refractivity contribution in [1.82, 2.24) is 4.90 Å². The van der Waals surface area contributed by atoms with E-state index in [9.17, 15) is 39.9 Å². The van der Waals surface area contributed by atoms with Crippen molar-refractivity contribution in [2.24, 2.45) is 29.6 Å². The van der Waals surface area contributed by atoms with Gasteiger partial charge in [-0.2, -0.15) is 0 Å². The van der Waals surface area contributed by atoms with Crippen molar-refractivity contribution in [3.63, 3.8) is 0 Å². The fourth-order valence-electron chi connectivity index (χ4n) is 10.1. The Kier molecular flexibility index (Phi) is 19.8. The second-order valence-corrected chi connectivity index (χ2v) is 21.0. The molecule has 370 valence electrons. The predicted octanol–water partition coefficient (Wildman–Crippen LogP) is 7.80. The summed E-state index contributed by atoms with van der Waals surface area (Å²) in [5, 5.41) is 57.0. The molecule has 3 saturated heterocycles. The molecule has 0 radical (unpaired) electrons. The molecule has 5 N–H and O–H groups in total. The predicted molar refractivity (Wildman–Crippen MR) is 254 cm³/mol. The number of hydrogen-bond donors (Lipinski definition) is 5. The Morgan fingerprint density at radius 1 is 0.939 bits per heavy atom. The standard InChI is InChI=1S/C52H78BrNO12/c1-10-37-17-21-44(32(5)25-30(3)36(9)55)63-50(61)42-13-11-12-22-54(42)49(60)48(59)52(62)34(7)14-20-41(66-52)28-46-35(8)45(64-51(65-46)38-15-18-39(53)19-16-38)27-40(56)26-43(57)31(4)23-29(2)24-33(6)47(37)58/h15-19,23,25,29-30,33-36,40-47,51,55-58,62H,10-14,20-22,24,26-28H2,1-9H3/b31-23+,32-25+,37-17+. The van der Waals surface area contributed by atoms with Gasteiger partial charge in [0.25, 0.3) is 11.7 Å². The summed E-state index contributed by atoms with van der Waals surface area (Å²) >= 11 is 3.49. The van der Waals surface area contributed by atoms with E-state index in [0.29, 0.717) is 44.1 Å². The Morgan fingerprint density at radius 2 is 1.61 bits per heavy atom. The molecule has 1 aromatic rings. The van der Waals surface area contributed by atoms with Gasteiger partial charge in [0.15, 0.2) is 6.29 Å². The number of esters is 1. The zero-order valence-corrected chi connectivity index (χ0v) is 42.2. The maximum Gasteiger partial charge on any atom is 0.329 e. The number of rotatable bonds is 5. The number of cyclic esters (lactones) is 1. The number of carbonyl (C=O) groups is 3. The Hall–Kier alpha value is -2.79. The van der Waals surface area contributed by atoms with Crippen molar-refractivity contribution in [3.05, 3.63) is 69.2 Å². The van der Waals surface area contributed by atoms with Gasteiger partial charge in [-0.25, -0.2) is 4.79 Å². The largest absolute Gasteiger partial charge is 0.456 e. The summed E-state index contributed by atoms with van der Waals surface area (Å²) in [4.78, 5) is 44.3. The summed E-state index contributed by atoms with van der Waals surface area (Å²) in [7, 11) is 0. The van der Waals surface area contributed by atoms with Crippen molar-refractivity contribution < 1.29 is 58.9 Å². The topological polar surface area (TPSA) is 193 Å². The molecule has 4 aliphatic heterocycles. The van der Waals surface area contributed by atoms with Crippen LogP contribution in [0.15, 0.2) is 63.7 Å². The van der Waals surface area contributed by atoms with Crippen molar-refractivity contribution in [3.8, 4) is 0 Å². The lowest BCUT2D eigenvalue weighted by atomic mass is 9.83. The fraction of sp³-hybridized carbons (Fsp3) is 0.712. The molecule has 16 unspecified atom stereocenters. The first-order valence-corrected chi connectivity index (χ1v) is 25.2. The van der Waals surface area contributed by atoms with E-state index in [1.165, 1.54) is 4.90 Å². The van der Waals surface area contributed by atoms with Crippen molar-refractivity contribution in [1.29, 1.82) is 0 Å². The van der Waals surface area contributed by atoms with Gasteiger partial charge in [0.1, 0.15) is 12.1 Å². The number of halogens is 1. The molecule has 4 aliphatic rings. The summed E-state index contributed by atoms with van der Waals surface area (Å²) < 4.78 is 26.6. The summed E-state index contributed by atoms with van der Waals surface area (Å²) in [5.41, 5.74) is 2.95. The second-order valence-electron chi connectivity index (χ2n) is 20.1. The number of nitrogens with zero attached hydrogens (tertiary/aromatic N) is 1. The highest BCUT2D eigenvalue weighted by Crippen LogP contribution is 2.42. The summed E-state index contributed by atoms with van der Waals surface area (Å²) in [5.74, 6) is -6.76. The molecule has 16 atom stereocenters. The number of hydrogen-bond acceptors (Lipinski definition) is 12. The lowest BCUT2D eigenvalue weighted by Gasteiger charge is -2.45. The average molecular weight is 989 g/mol. The zero-order valence-electron chi connectivity index (χ0n) is 40.6. The first kappa shape index (κ1) is 54.2. The third-order valence-electron chi connectivity index (χ3n) is 14.7. The molecular weight excluding hydrogens is 910 g/mol. The maximum absolute atomic E-state index is 14.4. The minimum atomic E-state index is -2.47. The molecule has 14 heteroatoms. The van der Waals surface area contributed by atoms with Gasteiger partial charge in [-0.1, -0.05) is 87.8 Å². The van der Waals surface area contributed by atoms with E-state index < -0.39 is 90.5 Å². The number of Topliss-reactive ketones (excluding diaryl/α,β-unsaturated/α-hetero) is 1. The van der Waals surface area contributed by atoms with E-state index in [1.807, 2.05) is 91.0 Å². The van der Waals surface area contributed by atoms with Gasteiger partial charge in [0.05, 0.1) is 42.7 Å². The van der Waals surface area contributed by atoms with Crippen molar-refractivity contribution in [2.45, 2.75) is 200 Å². The van der Waals surface area contributed by atoms with Gasteiger partial charge in [0, 0.05) is 60.0 Å². The van der Waals surface area contributed by atoms with Crippen LogP contribution >= 0.6 is 15.9 Å². The Bertz CT molecular complexity index is 1880. The molecule has 3 fully saturated rings. The lowest BCUT2D eigenvalue weighted by Crippen LogP contribution is -2.61. The van der Waals surface area contributed by atoms with Gasteiger partial charge in [-0.05, 0) is 106 Å². The quantitative estimate of drug-likeness (QED) is 0.109. The van der Waals surface area contributed by atoms with Gasteiger partial charge in [-0.3, -0.25) is 9.59 Å². The third kappa shape index (κ3) is 13.7. The summed E-state index contributed by atoms with van der Waals surface area (Å²) in [6.45, 7) is 17.0. The molecule has 0 spiro atoms. The maximum atomic E-state index is 14.4. The Labute approximate surface area is 401 Å². The van der Waals surface area contributed by atoms with Gasteiger partial charge in [-0.15, -0.1) is 0 Å². The van der Waals surface area contributed by atoms with Crippen LogP contribution < -0.4 is 0 Å². The van der Waals surface area contributed by atoms with E-state index in [2.05, 4.69) is 15.9 Å². The molecule has 0 saturated carbocycles. The third-order valence-corrected chi connectivity index (χ3v) is 15.2. The molecule has 66 heavy (non-hydrogen) atoms. The van der Waals surface area contributed by atoms with Crippen LogP contribution in [0.1, 0.15) is 145 Å². The van der Waals surface area contributed by atoms with Crippen LogP contribution in [0, 0.1) is 29.6 Å².